The molecular weight excluding hydrogens is 295 g/mol. The first-order chi connectivity index (χ1) is 10.1. The Bertz CT molecular complexity index is 716. The van der Waals surface area contributed by atoms with E-state index in [2.05, 4.69) is 4.98 Å². The molecule has 1 unspecified atom stereocenters. The van der Waals surface area contributed by atoms with Gasteiger partial charge in [0.05, 0.1) is 5.56 Å². The van der Waals surface area contributed by atoms with E-state index in [0.717, 1.165) is 4.88 Å². The van der Waals surface area contributed by atoms with Crippen LogP contribution in [-0.4, -0.2) is 33.4 Å². The van der Waals surface area contributed by atoms with Crippen LogP contribution in [0.3, 0.4) is 0 Å². The van der Waals surface area contributed by atoms with Gasteiger partial charge in [0.25, 0.3) is 5.91 Å². The lowest BCUT2D eigenvalue weighted by Gasteiger charge is -2.33. The van der Waals surface area contributed by atoms with Gasteiger partial charge in [-0.15, -0.1) is 11.3 Å². The van der Waals surface area contributed by atoms with Crippen LogP contribution in [0.25, 0.3) is 0 Å². The molecule has 108 valence electrons. The van der Waals surface area contributed by atoms with Crippen LogP contribution in [0, 0.1) is 5.95 Å². The molecule has 0 saturated heterocycles. The Kier molecular flexibility index (Phi) is 3.42. The molecule has 1 amide bonds. The molecule has 2 aromatic heterocycles. The lowest BCUT2D eigenvalue weighted by molar-refractivity contribution is -0.142. The molecule has 1 atom stereocenters. The molecule has 0 bridgehead atoms. The van der Waals surface area contributed by atoms with Crippen LogP contribution >= 0.6 is 11.3 Å². The van der Waals surface area contributed by atoms with Gasteiger partial charge >= 0.3 is 5.97 Å². The number of nitrogens with zero attached hydrogens (tertiary/aromatic N) is 2. The predicted octanol–water partition coefficient (Wildman–Crippen LogP) is 2.11. The summed E-state index contributed by atoms with van der Waals surface area (Å²) >= 11 is 1.47. The Hall–Kier alpha value is -2.28. The fraction of sp³-hybridized carbons (Fsp3) is 0.214. The van der Waals surface area contributed by atoms with Crippen molar-refractivity contribution in [3.05, 3.63) is 51.7 Å². The van der Waals surface area contributed by atoms with Gasteiger partial charge < -0.3 is 10.0 Å². The number of carboxylic acids is 1. The fourth-order valence-corrected chi connectivity index (χ4v) is 3.41. The molecule has 0 aromatic carbocycles. The zero-order chi connectivity index (χ0) is 15.0. The first kappa shape index (κ1) is 13.7. The molecule has 1 N–H and O–H groups in total. The lowest BCUT2D eigenvalue weighted by Crippen LogP contribution is -2.43. The number of thiophene rings is 1. The van der Waals surface area contributed by atoms with E-state index in [1.54, 1.807) is 11.4 Å². The van der Waals surface area contributed by atoms with Crippen LogP contribution in [0.4, 0.5) is 4.39 Å². The first-order valence-corrected chi connectivity index (χ1v) is 7.18. The molecule has 0 fully saturated rings. The second-order valence-corrected chi connectivity index (χ2v) is 5.63. The topological polar surface area (TPSA) is 70.5 Å². The van der Waals surface area contributed by atoms with E-state index in [1.165, 1.54) is 34.6 Å². The van der Waals surface area contributed by atoms with Crippen LogP contribution in [0.5, 0.6) is 0 Å². The SMILES string of the molecule is O=C(O)C1c2ccsc2CCN1C(=O)c1cccnc1F. The van der Waals surface area contributed by atoms with Crippen molar-refractivity contribution in [1.82, 2.24) is 9.88 Å². The molecule has 0 spiro atoms. The molecule has 1 aliphatic rings. The number of carbonyl (C=O) groups excluding carboxylic acids is 1. The van der Waals surface area contributed by atoms with Crippen molar-refractivity contribution in [1.29, 1.82) is 0 Å². The molecule has 3 heterocycles. The van der Waals surface area contributed by atoms with Crippen molar-refractivity contribution in [3.8, 4) is 0 Å². The van der Waals surface area contributed by atoms with Crippen molar-refractivity contribution in [2.24, 2.45) is 0 Å². The highest BCUT2D eigenvalue weighted by Crippen LogP contribution is 2.34. The maximum atomic E-state index is 13.7. The monoisotopic (exact) mass is 306 g/mol. The fourth-order valence-electron chi connectivity index (χ4n) is 2.50. The maximum absolute atomic E-state index is 13.7. The summed E-state index contributed by atoms with van der Waals surface area (Å²) in [6.45, 7) is 0.248. The largest absolute Gasteiger partial charge is 0.479 e. The quantitative estimate of drug-likeness (QED) is 0.863. The van der Waals surface area contributed by atoms with Gasteiger partial charge in [0.2, 0.25) is 5.95 Å². The Morgan fingerprint density at radius 3 is 2.95 bits per heavy atom. The van der Waals surface area contributed by atoms with Crippen molar-refractivity contribution in [3.63, 3.8) is 0 Å². The second-order valence-electron chi connectivity index (χ2n) is 4.63. The van der Waals surface area contributed by atoms with E-state index in [1.807, 2.05) is 0 Å². The zero-order valence-electron chi connectivity index (χ0n) is 10.8. The van der Waals surface area contributed by atoms with E-state index in [-0.39, 0.29) is 12.1 Å². The third-order valence-electron chi connectivity index (χ3n) is 3.45. The number of hydrogen-bond acceptors (Lipinski definition) is 4. The van der Waals surface area contributed by atoms with Gasteiger partial charge in [-0.3, -0.25) is 4.79 Å². The van der Waals surface area contributed by atoms with Crippen molar-refractivity contribution >= 4 is 23.2 Å². The zero-order valence-corrected chi connectivity index (χ0v) is 11.6. The van der Waals surface area contributed by atoms with Crippen LogP contribution < -0.4 is 0 Å². The minimum atomic E-state index is -1.12. The van der Waals surface area contributed by atoms with Crippen molar-refractivity contribution in [2.75, 3.05) is 6.54 Å². The summed E-state index contributed by atoms with van der Waals surface area (Å²) in [4.78, 5) is 29.6. The molecule has 21 heavy (non-hydrogen) atoms. The van der Waals surface area contributed by atoms with Crippen LogP contribution in [0.1, 0.15) is 26.8 Å². The minimum Gasteiger partial charge on any atom is -0.479 e. The smallest absolute Gasteiger partial charge is 0.331 e. The van der Waals surface area contributed by atoms with E-state index < -0.39 is 23.9 Å². The van der Waals surface area contributed by atoms with E-state index in [4.69, 9.17) is 0 Å². The third-order valence-corrected chi connectivity index (χ3v) is 4.45. The summed E-state index contributed by atoms with van der Waals surface area (Å²) in [6, 6.07) is 3.39. The van der Waals surface area contributed by atoms with Gasteiger partial charge in [0, 0.05) is 17.6 Å². The predicted molar refractivity (Wildman–Crippen MR) is 73.6 cm³/mol. The first-order valence-electron chi connectivity index (χ1n) is 6.30. The second kappa shape index (κ2) is 5.25. The van der Waals surface area contributed by atoms with Crippen molar-refractivity contribution in [2.45, 2.75) is 12.5 Å². The lowest BCUT2D eigenvalue weighted by atomic mass is 9.99. The van der Waals surface area contributed by atoms with Gasteiger partial charge in [-0.1, -0.05) is 0 Å². The summed E-state index contributed by atoms with van der Waals surface area (Å²) in [7, 11) is 0. The molecule has 1 aliphatic heterocycles. The highest BCUT2D eigenvalue weighted by Gasteiger charge is 2.37. The van der Waals surface area contributed by atoms with Crippen LogP contribution in [0.15, 0.2) is 29.8 Å². The molecule has 5 nitrogen and oxygen atoms in total. The molecule has 7 heteroatoms. The van der Waals surface area contributed by atoms with Gasteiger partial charge in [0.1, 0.15) is 0 Å². The molecule has 0 saturated carbocycles. The number of fused-ring (bicyclic) bond motifs is 1. The third kappa shape index (κ3) is 2.29. The van der Waals surface area contributed by atoms with E-state index in [9.17, 15) is 19.1 Å². The number of carboxylic acid groups (broad SMARTS) is 1. The molecule has 0 radical (unpaired) electrons. The number of carbonyl (C=O) groups is 2. The highest BCUT2D eigenvalue weighted by molar-refractivity contribution is 7.10. The van der Waals surface area contributed by atoms with Crippen LogP contribution in [0.2, 0.25) is 0 Å². The number of amides is 1. The number of aliphatic carboxylic acids is 1. The summed E-state index contributed by atoms with van der Waals surface area (Å²) in [5.41, 5.74) is 0.402. The Labute approximate surface area is 123 Å². The van der Waals surface area contributed by atoms with Gasteiger partial charge in [-0.25, -0.2) is 9.78 Å². The minimum absolute atomic E-state index is 0.206. The van der Waals surface area contributed by atoms with Crippen LogP contribution in [-0.2, 0) is 11.2 Å². The number of hydrogen-bond donors (Lipinski definition) is 1. The highest BCUT2D eigenvalue weighted by atomic mass is 32.1. The Morgan fingerprint density at radius 1 is 1.43 bits per heavy atom. The Morgan fingerprint density at radius 2 is 2.24 bits per heavy atom. The van der Waals surface area contributed by atoms with Crippen molar-refractivity contribution < 1.29 is 19.1 Å². The summed E-state index contributed by atoms with van der Waals surface area (Å²) in [6.07, 6.45) is 1.82. The number of pyridine rings is 1. The van der Waals surface area contributed by atoms with Gasteiger partial charge in [0.15, 0.2) is 6.04 Å². The Balaban J connectivity index is 2.00. The molecule has 3 rings (SSSR count). The molecule has 2 aromatic rings. The number of rotatable bonds is 2. The molecular formula is C14H11FN2O3S. The summed E-state index contributed by atoms with van der Waals surface area (Å²) < 4.78 is 13.7. The van der Waals surface area contributed by atoms with E-state index in [0.29, 0.717) is 12.0 Å². The maximum Gasteiger partial charge on any atom is 0.331 e. The average molecular weight is 306 g/mol. The normalized spacial score (nSPS) is 17.4. The standard InChI is InChI=1S/C14H11FN2O3S/c15-12-9(2-1-5-16-12)13(18)17-6-3-10-8(4-7-21-10)11(17)14(19)20/h1-2,4-5,7,11H,3,6H2,(H,19,20). The number of halogens is 1. The summed E-state index contributed by atoms with van der Waals surface area (Å²) in [5, 5.41) is 11.2. The average Bonchev–Trinajstić information content (AvgIpc) is 2.94. The summed E-state index contributed by atoms with van der Waals surface area (Å²) in [5.74, 6) is -2.65. The van der Waals surface area contributed by atoms with Gasteiger partial charge in [-0.05, 0) is 35.6 Å². The van der Waals surface area contributed by atoms with E-state index >= 15 is 0 Å². The molecule has 0 aliphatic carbocycles. The number of aromatic nitrogens is 1. The van der Waals surface area contributed by atoms with Gasteiger partial charge in [-0.2, -0.15) is 4.39 Å².